The van der Waals surface area contributed by atoms with Crippen molar-refractivity contribution in [3.63, 3.8) is 0 Å². The summed E-state index contributed by atoms with van der Waals surface area (Å²) >= 11 is 3.31. The molecule has 0 aliphatic heterocycles. The predicted octanol–water partition coefficient (Wildman–Crippen LogP) is 3.72. The van der Waals surface area contributed by atoms with Crippen molar-refractivity contribution >= 4 is 33.7 Å². The van der Waals surface area contributed by atoms with E-state index in [9.17, 15) is 14.9 Å². The van der Waals surface area contributed by atoms with Crippen molar-refractivity contribution in [1.29, 1.82) is 0 Å². The number of non-ortho nitro benzene ring substituents is 1. The Kier molecular flexibility index (Phi) is 4.62. The van der Waals surface area contributed by atoms with Crippen LogP contribution in [0.25, 0.3) is 17.4 Å². The van der Waals surface area contributed by atoms with Crippen molar-refractivity contribution < 1.29 is 24.0 Å². The third-order valence-corrected chi connectivity index (χ3v) is 3.33. The first kappa shape index (κ1) is 15.8. The standard InChI is InChI=1S/C14H10BrNO6/c1-21-12-6-8(16(19)20)2-4-10(12)14-11(15)7-9(22-14)3-5-13(17)18/h2-7H,1H3,(H,17,18)/b5-3+. The smallest absolute Gasteiger partial charge is 0.328 e. The van der Waals surface area contributed by atoms with Gasteiger partial charge in [0.15, 0.2) is 5.76 Å². The van der Waals surface area contributed by atoms with E-state index in [4.69, 9.17) is 14.3 Å². The molecule has 0 fully saturated rings. The van der Waals surface area contributed by atoms with E-state index in [0.29, 0.717) is 21.6 Å². The Morgan fingerprint density at radius 1 is 1.45 bits per heavy atom. The van der Waals surface area contributed by atoms with Crippen molar-refractivity contribution in [3.05, 3.63) is 50.7 Å². The fraction of sp³-hybridized carbons (Fsp3) is 0.0714. The minimum Gasteiger partial charge on any atom is -0.496 e. The third-order valence-electron chi connectivity index (χ3n) is 2.74. The molecule has 0 atom stereocenters. The van der Waals surface area contributed by atoms with E-state index >= 15 is 0 Å². The Morgan fingerprint density at radius 3 is 2.77 bits per heavy atom. The summed E-state index contributed by atoms with van der Waals surface area (Å²) in [5, 5.41) is 19.4. The number of carboxylic acid groups (broad SMARTS) is 1. The lowest BCUT2D eigenvalue weighted by Gasteiger charge is -2.06. The fourth-order valence-corrected chi connectivity index (χ4v) is 2.31. The van der Waals surface area contributed by atoms with E-state index in [1.165, 1.54) is 31.4 Å². The Balaban J connectivity index is 2.47. The zero-order valence-corrected chi connectivity index (χ0v) is 12.9. The highest BCUT2D eigenvalue weighted by molar-refractivity contribution is 9.10. The van der Waals surface area contributed by atoms with Gasteiger partial charge >= 0.3 is 5.97 Å². The molecule has 1 N–H and O–H groups in total. The van der Waals surface area contributed by atoms with Gasteiger partial charge < -0.3 is 14.3 Å². The molecule has 0 radical (unpaired) electrons. The minimum absolute atomic E-state index is 0.103. The first-order chi connectivity index (χ1) is 10.4. The number of nitrogens with zero attached hydrogens (tertiary/aromatic N) is 1. The highest BCUT2D eigenvalue weighted by atomic mass is 79.9. The van der Waals surface area contributed by atoms with Gasteiger partial charge in [-0.15, -0.1) is 0 Å². The van der Waals surface area contributed by atoms with Crippen LogP contribution in [0.5, 0.6) is 5.75 Å². The number of benzene rings is 1. The van der Waals surface area contributed by atoms with Crippen molar-refractivity contribution in [2.75, 3.05) is 7.11 Å². The zero-order valence-electron chi connectivity index (χ0n) is 11.3. The fourth-order valence-electron chi connectivity index (χ4n) is 1.79. The largest absolute Gasteiger partial charge is 0.496 e. The molecule has 2 aromatic rings. The number of aliphatic carboxylic acids is 1. The van der Waals surface area contributed by atoms with Crippen LogP contribution in [0.1, 0.15) is 5.76 Å². The number of ether oxygens (including phenoxy) is 1. The summed E-state index contributed by atoms with van der Waals surface area (Å²) in [6.07, 6.45) is 2.25. The van der Waals surface area contributed by atoms with Crippen molar-refractivity contribution in [3.8, 4) is 17.1 Å². The summed E-state index contributed by atoms with van der Waals surface area (Å²) in [6.45, 7) is 0. The van der Waals surface area contributed by atoms with Crippen molar-refractivity contribution in [2.24, 2.45) is 0 Å². The van der Waals surface area contributed by atoms with Crippen LogP contribution in [0.15, 0.2) is 39.2 Å². The summed E-state index contributed by atoms with van der Waals surface area (Å²) in [5.74, 6) is -0.110. The second-order valence-electron chi connectivity index (χ2n) is 4.14. The van der Waals surface area contributed by atoms with Gasteiger partial charge in [-0.3, -0.25) is 10.1 Å². The molecule has 22 heavy (non-hydrogen) atoms. The second kappa shape index (κ2) is 6.44. The highest BCUT2D eigenvalue weighted by Gasteiger charge is 2.18. The molecular formula is C14H10BrNO6. The van der Waals surface area contributed by atoms with Gasteiger partial charge in [0.25, 0.3) is 5.69 Å². The van der Waals surface area contributed by atoms with E-state index in [-0.39, 0.29) is 11.4 Å². The quantitative estimate of drug-likeness (QED) is 0.490. The van der Waals surface area contributed by atoms with E-state index in [2.05, 4.69) is 15.9 Å². The van der Waals surface area contributed by atoms with Crippen LogP contribution >= 0.6 is 15.9 Å². The van der Waals surface area contributed by atoms with Gasteiger partial charge in [-0.05, 0) is 34.1 Å². The Hall–Kier alpha value is -2.61. The molecule has 0 saturated carbocycles. The number of carbonyl (C=O) groups is 1. The molecule has 0 spiro atoms. The molecule has 0 bridgehead atoms. The van der Waals surface area contributed by atoms with Crippen LogP contribution < -0.4 is 4.74 Å². The van der Waals surface area contributed by atoms with Crippen LogP contribution in [-0.2, 0) is 4.79 Å². The first-order valence-electron chi connectivity index (χ1n) is 5.95. The first-order valence-corrected chi connectivity index (χ1v) is 6.75. The molecule has 1 heterocycles. The number of nitro groups is 1. The summed E-state index contributed by atoms with van der Waals surface area (Å²) in [4.78, 5) is 20.8. The SMILES string of the molecule is COc1cc([N+](=O)[O-])ccc1-c1oc(/C=C/C(=O)O)cc1Br. The normalized spacial score (nSPS) is 10.8. The van der Waals surface area contributed by atoms with Crippen molar-refractivity contribution in [1.82, 2.24) is 0 Å². The average molecular weight is 368 g/mol. The number of rotatable bonds is 5. The molecule has 1 aromatic heterocycles. The average Bonchev–Trinajstić information content (AvgIpc) is 2.85. The lowest BCUT2D eigenvalue weighted by atomic mass is 10.1. The van der Waals surface area contributed by atoms with Gasteiger partial charge in [-0.25, -0.2) is 4.79 Å². The molecule has 2 rings (SSSR count). The lowest BCUT2D eigenvalue weighted by Crippen LogP contribution is -1.92. The van der Waals surface area contributed by atoms with Gasteiger partial charge in [-0.1, -0.05) is 0 Å². The van der Waals surface area contributed by atoms with Crippen LogP contribution in [-0.4, -0.2) is 23.1 Å². The van der Waals surface area contributed by atoms with Crippen LogP contribution in [0.4, 0.5) is 5.69 Å². The number of furan rings is 1. The maximum absolute atomic E-state index is 10.8. The molecule has 0 unspecified atom stereocenters. The summed E-state index contributed by atoms with van der Waals surface area (Å²) in [6, 6.07) is 5.72. The maximum Gasteiger partial charge on any atom is 0.328 e. The molecule has 7 nitrogen and oxygen atoms in total. The molecule has 1 aromatic carbocycles. The number of methoxy groups -OCH3 is 1. The maximum atomic E-state index is 10.8. The molecule has 0 aliphatic rings. The van der Waals surface area contributed by atoms with Gasteiger partial charge in [0, 0.05) is 12.1 Å². The van der Waals surface area contributed by atoms with E-state index in [1.807, 2.05) is 0 Å². The monoisotopic (exact) mass is 367 g/mol. The van der Waals surface area contributed by atoms with Gasteiger partial charge in [0.05, 0.1) is 28.1 Å². The number of carboxylic acids is 1. The number of halogens is 1. The lowest BCUT2D eigenvalue weighted by molar-refractivity contribution is -0.384. The van der Waals surface area contributed by atoms with Crippen LogP contribution in [0.3, 0.4) is 0 Å². The number of nitro benzene ring substituents is 1. The molecule has 8 heteroatoms. The number of hydrogen-bond donors (Lipinski definition) is 1. The van der Waals surface area contributed by atoms with Crippen molar-refractivity contribution in [2.45, 2.75) is 0 Å². The third kappa shape index (κ3) is 3.34. The summed E-state index contributed by atoms with van der Waals surface area (Å²) in [7, 11) is 1.39. The Labute approximate surface area is 133 Å². The highest BCUT2D eigenvalue weighted by Crippen LogP contribution is 2.39. The molecular weight excluding hydrogens is 358 g/mol. The predicted molar refractivity (Wildman–Crippen MR) is 81.7 cm³/mol. The molecule has 0 amide bonds. The van der Waals surface area contributed by atoms with Crippen LogP contribution in [0.2, 0.25) is 0 Å². The van der Waals surface area contributed by atoms with Gasteiger partial charge in [-0.2, -0.15) is 0 Å². The molecule has 0 saturated heterocycles. The molecule has 114 valence electrons. The van der Waals surface area contributed by atoms with Gasteiger partial charge in [0.2, 0.25) is 0 Å². The Morgan fingerprint density at radius 2 is 2.18 bits per heavy atom. The second-order valence-corrected chi connectivity index (χ2v) is 4.99. The van der Waals surface area contributed by atoms with Crippen LogP contribution in [0, 0.1) is 10.1 Å². The molecule has 0 aliphatic carbocycles. The van der Waals surface area contributed by atoms with E-state index in [1.54, 1.807) is 6.07 Å². The summed E-state index contributed by atoms with van der Waals surface area (Å²) in [5.41, 5.74) is 0.407. The number of hydrogen-bond acceptors (Lipinski definition) is 5. The zero-order chi connectivity index (χ0) is 16.3. The van der Waals surface area contributed by atoms with E-state index < -0.39 is 10.9 Å². The van der Waals surface area contributed by atoms with E-state index in [0.717, 1.165) is 6.08 Å². The van der Waals surface area contributed by atoms with Gasteiger partial charge in [0.1, 0.15) is 11.5 Å². The summed E-state index contributed by atoms with van der Waals surface area (Å²) < 4.78 is 11.3. The Bertz CT molecular complexity index is 765. The topological polar surface area (TPSA) is 103 Å². The minimum atomic E-state index is -1.10.